The van der Waals surface area contributed by atoms with Crippen molar-refractivity contribution in [3.8, 4) is 5.75 Å². The summed E-state index contributed by atoms with van der Waals surface area (Å²) in [4.78, 5) is 0. The van der Waals surface area contributed by atoms with E-state index in [1.807, 2.05) is 24.3 Å². The highest BCUT2D eigenvalue weighted by molar-refractivity contribution is 6.42. The van der Waals surface area contributed by atoms with Crippen molar-refractivity contribution in [2.45, 2.75) is 51.3 Å². The first-order chi connectivity index (χ1) is 11.7. The minimum Gasteiger partial charge on any atom is -0.489 e. The van der Waals surface area contributed by atoms with Crippen molar-refractivity contribution in [2.75, 3.05) is 0 Å². The van der Waals surface area contributed by atoms with Crippen LogP contribution in [0.25, 0.3) is 0 Å². The molecule has 0 bridgehead atoms. The fourth-order valence-electron chi connectivity index (χ4n) is 3.07. The van der Waals surface area contributed by atoms with Crippen LogP contribution in [0.5, 0.6) is 5.75 Å². The molecule has 1 fully saturated rings. The van der Waals surface area contributed by atoms with Crippen molar-refractivity contribution in [3.05, 3.63) is 63.6 Å². The van der Waals surface area contributed by atoms with Gasteiger partial charge in [0.15, 0.2) is 0 Å². The van der Waals surface area contributed by atoms with Gasteiger partial charge in [-0.2, -0.15) is 0 Å². The highest BCUT2D eigenvalue weighted by Crippen LogP contribution is 2.23. The largest absolute Gasteiger partial charge is 0.489 e. The van der Waals surface area contributed by atoms with E-state index in [-0.39, 0.29) is 0 Å². The van der Waals surface area contributed by atoms with Crippen molar-refractivity contribution in [3.63, 3.8) is 0 Å². The van der Waals surface area contributed by atoms with E-state index < -0.39 is 0 Å². The van der Waals surface area contributed by atoms with Crippen LogP contribution in [0.3, 0.4) is 0 Å². The van der Waals surface area contributed by atoms with Crippen molar-refractivity contribution in [1.29, 1.82) is 0 Å². The Morgan fingerprint density at radius 1 is 0.875 bits per heavy atom. The van der Waals surface area contributed by atoms with E-state index in [9.17, 15) is 0 Å². The Balaban J connectivity index is 1.47. The number of hydrogen-bond acceptors (Lipinski definition) is 2. The molecule has 2 nitrogen and oxygen atoms in total. The van der Waals surface area contributed by atoms with Gasteiger partial charge in [0.05, 0.1) is 10.0 Å². The molecule has 0 radical (unpaired) electrons. The van der Waals surface area contributed by atoms with Crippen molar-refractivity contribution in [1.82, 2.24) is 5.32 Å². The lowest BCUT2D eigenvalue weighted by Crippen LogP contribution is -2.30. The van der Waals surface area contributed by atoms with Crippen LogP contribution in [0, 0.1) is 0 Å². The smallest absolute Gasteiger partial charge is 0.119 e. The van der Waals surface area contributed by atoms with Gasteiger partial charge in [-0.1, -0.05) is 60.7 Å². The third-order valence-corrected chi connectivity index (χ3v) is 5.25. The van der Waals surface area contributed by atoms with Crippen LogP contribution < -0.4 is 10.1 Å². The number of nitrogens with one attached hydrogen (secondary N) is 1. The molecule has 1 saturated carbocycles. The normalized spacial score (nSPS) is 15.4. The second kappa shape index (κ2) is 8.75. The van der Waals surface area contributed by atoms with Crippen LogP contribution >= 0.6 is 23.2 Å². The molecule has 0 spiro atoms. The van der Waals surface area contributed by atoms with Gasteiger partial charge in [-0.05, 0) is 48.2 Å². The molecule has 0 unspecified atom stereocenters. The van der Waals surface area contributed by atoms with E-state index in [1.165, 1.54) is 37.7 Å². The number of ether oxygens (including phenoxy) is 1. The standard InChI is InChI=1S/C20H23Cl2NO/c21-19-11-8-16(12-20(19)22)14-24-18-9-6-15(7-10-18)13-23-17-4-2-1-3-5-17/h6-12,17,23H,1-5,13-14H2. The van der Waals surface area contributed by atoms with Crippen LogP contribution in [0.15, 0.2) is 42.5 Å². The lowest BCUT2D eigenvalue weighted by atomic mass is 9.95. The van der Waals surface area contributed by atoms with Gasteiger partial charge < -0.3 is 10.1 Å². The van der Waals surface area contributed by atoms with E-state index in [2.05, 4.69) is 17.4 Å². The SMILES string of the molecule is Clc1ccc(COc2ccc(CNC3CCCCC3)cc2)cc1Cl. The number of benzene rings is 2. The average molecular weight is 364 g/mol. The highest BCUT2D eigenvalue weighted by Gasteiger charge is 2.12. The van der Waals surface area contributed by atoms with E-state index in [1.54, 1.807) is 6.07 Å². The molecule has 1 aliphatic rings. The van der Waals surface area contributed by atoms with Gasteiger partial charge in [0.1, 0.15) is 12.4 Å². The van der Waals surface area contributed by atoms with Gasteiger partial charge >= 0.3 is 0 Å². The molecule has 2 aromatic carbocycles. The molecule has 0 heterocycles. The predicted molar refractivity (Wildman–Crippen MR) is 101 cm³/mol. The highest BCUT2D eigenvalue weighted by atomic mass is 35.5. The molecule has 0 saturated heterocycles. The number of halogens is 2. The third-order valence-electron chi connectivity index (χ3n) is 4.51. The first kappa shape index (κ1) is 17.6. The quantitative estimate of drug-likeness (QED) is 0.679. The monoisotopic (exact) mass is 363 g/mol. The summed E-state index contributed by atoms with van der Waals surface area (Å²) in [7, 11) is 0. The van der Waals surface area contributed by atoms with E-state index >= 15 is 0 Å². The predicted octanol–water partition coefficient (Wildman–Crippen LogP) is 5.99. The Labute approximate surface area is 154 Å². The van der Waals surface area contributed by atoms with Gasteiger partial charge in [-0.15, -0.1) is 0 Å². The summed E-state index contributed by atoms with van der Waals surface area (Å²) in [5.74, 6) is 0.863. The number of rotatable bonds is 6. The van der Waals surface area contributed by atoms with Gasteiger partial charge in [0, 0.05) is 12.6 Å². The Morgan fingerprint density at radius 3 is 2.29 bits per heavy atom. The molecule has 3 rings (SSSR count). The minimum absolute atomic E-state index is 0.483. The average Bonchev–Trinajstić information content (AvgIpc) is 2.63. The minimum atomic E-state index is 0.483. The van der Waals surface area contributed by atoms with Crippen LogP contribution in [0.2, 0.25) is 10.0 Å². The van der Waals surface area contributed by atoms with Gasteiger partial charge in [0.25, 0.3) is 0 Å². The lowest BCUT2D eigenvalue weighted by Gasteiger charge is -2.22. The fraction of sp³-hybridized carbons (Fsp3) is 0.400. The summed E-state index contributed by atoms with van der Waals surface area (Å²) >= 11 is 11.9. The van der Waals surface area contributed by atoms with Gasteiger partial charge in [-0.3, -0.25) is 0 Å². The van der Waals surface area contributed by atoms with Crippen LogP contribution in [0.4, 0.5) is 0 Å². The molecule has 0 amide bonds. The molecular weight excluding hydrogens is 341 g/mol. The first-order valence-electron chi connectivity index (χ1n) is 8.60. The maximum absolute atomic E-state index is 6.02. The zero-order chi connectivity index (χ0) is 16.8. The van der Waals surface area contributed by atoms with Gasteiger partial charge in [-0.25, -0.2) is 0 Å². The maximum atomic E-state index is 6.02. The second-order valence-electron chi connectivity index (χ2n) is 6.40. The Hall–Kier alpha value is -1.22. The Morgan fingerprint density at radius 2 is 1.58 bits per heavy atom. The topological polar surface area (TPSA) is 21.3 Å². The Bertz CT molecular complexity index is 651. The summed E-state index contributed by atoms with van der Waals surface area (Å²) in [5, 5.41) is 4.78. The molecule has 1 N–H and O–H groups in total. The molecule has 128 valence electrons. The molecule has 4 heteroatoms. The van der Waals surface area contributed by atoms with E-state index in [4.69, 9.17) is 27.9 Å². The first-order valence-corrected chi connectivity index (χ1v) is 9.35. The number of hydrogen-bond donors (Lipinski definition) is 1. The summed E-state index contributed by atoms with van der Waals surface area (Å²) in [6.45, 7) is 1.41. The molecular formula is C20H23Cl2NO. The molecule has 1 aliphatic carbocycles. The van der Waals surface area contributed by atoms with Crippen molar-refractivity contribution < 1.29 is 4.74 Å². The van der Waals surface area contributed by atoms with Crippen molar-refractivity contribution in [2.24, 2.45) is 0 Å². The summed E-state index contributed by atoms with van der Waals surface area (Å²) in [5.41, 5.74) is 2.30. The lowest BCUT2D eigenvalue weighted by molar-refractivity contribution is 0.306. The third kappa shape index (κ3) is 5.14. The zero-order valence-electron chi connectivity index (χ0n) is 13.7. The molecule has 0 atom stereocenters. The summed E-state index contributed by atoms with van der Waals surface area (Å²) < 4.78 is 5.81. The summed E-state index contributed by atoms with van der Waals surface area (Å²) in [6, 6.07) is 14.5. The second-order valence-corrected chi connectivity index (χ2v) is 7.21. The van der Waals surface area contributed by atoms with Gasteiger partial charge in [0.2, 0.25) is 0 Å². The fourth-order valence-corrected chi connectivity index (χ4v) is 3.39. The van der Waals surface area contributed by atoms with E-state index in [0.29, 0.717) is 22.7 Å². The Kier molecular flexibility index (Phi) is 6.42. The molecule has 0 aliphatic heterocycles. The van der Waals surface area contributed by atoms with Crippen LogP contribution in [-0.2, 0) is 13.2 Å². The molecule has 24 heavy (non-hydrogen) atoms. The van der Waals surface area contributed by atoms with Crippen LogP contribution in [0.1, 0.15) is 43.2 Å². The summed E-state index contributed by atoms with van der Waals surface area (Å²) in [6.07, 6.45) is 6.73. The maximum Gasteiger partial charge on any atom is 0.119 e. The molecule has 2 aromatic rings. The molecule has 0 aromatic heterocycles. The zero-order valence-corrected chi connectivity index (χ0v) is 15.2. The van der Waals surface area contributed by atoms with Crippen LogP contribution in [-0.4, -0.2) is 6.04 Å². The van der Waals surface area contributed by atoms with Crippen molar-refractivity contribution >= 4 is 23.2 Å². The van der Waals surface area contributed by atoms with E-state index in [0.717, 1.165) is 17.9 Å².